The van der Waals surface area contributed by atoms with E-state index in [0.29, 0.717) is 5.56 Å². The Morgan fingerprint density at radius 3 is 2.30 bits per heavy atom. The molecule has 1 aromatic heterocycles. The number of hydrogen-bond donors (Lipinski definition) is 8. The second kappa shape index (κ2) is 11.4. The molecular formula is C21H29N5O7. The van der Waals surface area contributed by atoms with Crippen LogP contribution in [-0.4, -0.2) is 80.9 Å². The lowest BCUT2D eigenvalue weighted by Gasteiger charge is -2.26. The Balaban J connectivity index is 2.26. The maximum absolute atomic E-state index is 13.0. The first-order valence-corrected chi connectivity index (χ1v) is 10.3. The SMILES string of the molecule is CC(NC(=O)C(NC(=O)C(Cc1c[nH]c2ccccc12)NC(=O)C(N)CO)C(C)O)C(=O)O. The number of rotatable bonds is 11. The number of nitrogens with two attached hydrogens (primary N) is 1. The van der Waals surface area contributed by atoms with Crippen LogP contribution in [0.25, 0.3) is 10.9 Å². The highest BCUT2D eigenvalue weighted by atomic mass is 16.4. The number of aliphatic hydroxyl groups is 2. The second-order valence-corrected chi connectivity index (χ2v) is 7.71. The van der Waals surface area contributed by atoms with Crippen LogP contribution in [-0.2, 0) is 25.6 Å². The summed E-state index contributed by atoms with van der Waals surface area (Å²) in [6.45, 7) is 1.85. The van der Waals surface area contributed by atoms with E-state index in [2.05, 4.69) is 20.9 Å². The topological polar surface area (TPSA) is 207 Å². The summed E-state index contributed by atoms with van der Waals surface area (Å²) >= 11 is 0. The fraction of sp³-hybridized carbons (Fsp3) is 0.429. The van der Waals surface area contributed by atoms with Gasteiger partial charge in [-0.25, -0.2) is 0 Å². The number of carboxylic acid groups (broad SMARTS) is 1. The van der Waals surface area contributed by atoms with Crippen molar-refractivity contribution in [1.29, 1.82) is 0 Å². The fourth-order valence-electron chi connectivity index (χ4n) is 3.12. The van der Waals surface area contributed by atoms with Crippen molar-refractivity contribution in [3.8, 4) is 0 Å². The van der Waals surface area contributed by atoms with Crippen molar-refractivity contribution in [2.45, 2.75) is 50.5 Å². The average Bonchev–Trinajstić information content (AvgIpc) is 3.18. The summed E-state index contributed by atoms with van der Waals surface area (Å²) < 4.78 is 0. The monoisotopic (exact) mass is 463 g/mol. The standard InChI is InChI=1S/C21H29N5O7/c1-10(21(32)33)24-20(31)17(11(2)28)26-19(30)16(25-18(29)14(22)9-27)7-12-8-23-15-6-4-3-5-13(12)15/h3-6,8,10-11,14,16-17,23,27-28H,7,9,22H2,1-2H3,(H,24,31)(H,25,29)(H,26,30)(H,32,33). The lowest BCUT2D eigenvalue weighted by atomic mass is 10.0. The van der Waals surface area contributed by atoms with E-state index >= 15 is 0 Å². The van der Waals surface area contributed by atoms with Crippen LogP contribution in [0.15, 0.2) is 30.5 Å². The molecule has 1 aromatic carbocycles. The molecule has 0 fully saturated rings. The first-order valence-electron chi connectivity index (χ1n) is 10.3. The average molecular weight is 463 g/mol. The van der Waals surface area contributed by atoms with Crippen molar-refractivity contribution >= 4 is 34.6 Å². The third-order valence-electron chi connectivity index (χ3n) is 5.06. The molecule has 180 valence electrons. The van der Waals surface area contributed by atoms with Crippen LogP contribution in [0, 0.1) is 0 Å². The lowest BCUT2D eigenvalue weighted by Crippen LogP contribution is -2.60. The minimum absolute atomic E-state index is 0.0133. The van der Waals surface area contributed by atoms with E-state index in [1.54, 1.807) is 6.20 Å². The van der Waals surface area contributed by atoms with E-state index in [4.69, 9.17) is 15.9 Å². The summed E-state index contributed by atoms with van der Waals surface area (Å²) in [5, 5.41) is 35.9. The molecule has 0 saturated heterocycles. The van der Waals surface area contributed by atoms with E-state index in [0.717, 1.165) is 10.9 Å². The number of nitrogens with one attached hydrogen (secondary N) is 4. The highest BCUT2D eigenvalue weighted by molar-refractivity contribution is 5.95. The summed E-state index contributed by atoms with van der Waals surface area (Å²) in [6.07, 6.45) is 0.328. The van der Waals surface area contributed by atoms with Crippen LogP contribution >= 0.6 is 0 Å². The maximum Gasteiger partial charge on any atom is 0.325 e. The van der Waals surface area contributed by atoms with Gasteiger partial charge in [0.1, 0.15) is 24.2 Å². The highest BCUT2D eigenvalue weighted by Crippen LogP contribution is 2.19. The van der Waals surface area contributed by atoms with E-state index in [1.165, 1.54) is 13.8 Å². The molecule has 5 unspecified atom stereocenters. The lowest BCUT2D eigenvalue weighted by molar-refractivity contribution is -0.142. The van der Waals surface area contributed by atoms with Gasteiger partial charge in [0.2, 0.25) is 17.7 Å². The van der Waals surface area contributed by atoms with E-state index in [1.807, 2.05) is 24.3 Å². The van der Waals surface area contributed by atoms with Crippen molar-refractivity contribution in [1.82, 2.24) is 20.9 Å². The molecule has 3 amide bonds. The van der Waals surface area contributed by atoms with Gasteiger partial charge in [-0.1, -0.05) is 18.2 Å². The highest BCUT2D eigenvalue weighted by Gasteiger charge is 2.32. The molecule has 0 aliphatic heterocycles. The molecule has 2 rings (SSSR count). The number of carbonyl (C=O) groups is 4. The quantitative estimate of drug-likeness (QED) is 0.186. The molecule has 0 aliphatic carbocycles. The molecule has 0 saturated carbocycles. The number of aliphatic carboxylic acids is 1. The second-order valence-electron chi connectivity index (χ2n) is 7.71. The van der Waals surface area contributed by atoms with Crippen LogP contribution in [0.1, 0.15) is 19.4 Å². The Hall–Kier alpha value is -3.48. The number of H-pyrrole nitrogens is 1. The van der Waals surface area contributed by atoms with Gasteiger partial charge in [-0.3, -0.25) is 19.2 Å². The summed E-state index contributed by atoms with van der Waals surface area (Å²) in [5.74, 6) is -3.78. The van der Waals surface area contributed by atoms with Gasteiger partial charge >= 0.3 is 5.97 Å². The van der Waals surface area contributed by atoms with Crippen LogP contribution < -0.4 is 21.7 Å². The summed E-state index contributed by atoms with van der Waals surface area (Å²) in [7, 11) is 0. The van der Waals surface area contributed by atoms with Gasteiger partial charge < -0.3 is 42.0 Å². The van der Waals surface area contributed by atoms with E-state index in [9.17, 15) is 24.3 Å². The minimum Gasteiger partial charge on any atom is -0.480 e. The number of benzene rings is 1. The van der Waals surface area contributed by atoms with E-state index < -0.39 is 60.6 Å². The number of aromatic amines is 1. The van der Waals surface area contributed by atoms with Gasteiger partial charge in [-0.15, -0.1) is 0 Å². The normalized spacial score (nSPS) is 15.7. The van der Waals surface area contributed by atoms with Gasteiger partial charge in [0.25, 0.3) is 0 Å². The predicted molar refractivity (Wildman–Crippen MR) is 118 cm³/mol. The van der Waals surface area contributed by atoms with Gasteiger partial charge in [0.05, 0.1) is 12.7 Å². The van der Waals surface area contributed by atoms with Crippen LogP contribution in [0.2, 0.25) is 0 Å². The number of fused-ring (bicyclic) bond motifs is 1. The first kappa shape index (κ1) is 25.8. The van der Waals surface area contributed by atoms with E-state index in [-0.39, 0.29) is 6.42 Å². The Morgan fingerprint density at radius 2 is 1.70 bits per heavy atom. The molecule has 12 heteroatoms. The van der Waals surface area contributed by atoms with Crippen molar-refractivity contribution in [2.24, 2.45) is 5.73 Å². The predicted octanol–water partition coefficient (Wildman–Crippen LogP) is -2.03. The summed E-state index contributed by atoms with van der Waals surface area (Å²) in [5.41, 5.74) is 7.06. The molecular weight excluding hydrogens is 434 g/mol. The van der Waals surface area contributed by atoms with Crippen LogP contribution in [0.4, 0.5) is 0 Å². The molecule has 0 bridgehead atoms. The molecule has 12 nitrogen and oxygen atoms in total. The zero-order valence-electron chi connectivity index (χ0n) is 18.2. The number of aromatic nitrogens is 1. The minimum atomic E-state index is -1.48. The van der Waals surface area contributed by atoms with Crippen LogP contribution in [0.5, 0.6) is 0 Å². The molecule has 2 aromatic rings. The Kier molecular flexibility index (Phi) is 8.91. The molecule has 33 heavy (non-hydrogen) atoms. The van der Waals surface area contributed by atoms with Crippen molar-refractivity contribution in [3.63, 3.8) is 0 Å². The zero-order chi connectivity index (χ0) is 24.7. The number of carbonyl (C=O) groups excluding carboxylic acids is 3. The molecule has 5 atom stereocenters. The van der Waals surface area contributed by atoms with Crippen molar-refractivity contribution in [2.75, 3.05) is 6.61 Å². The summed E-state index contributed by atoms with van der Waals surface area (Å²) in [6, 6.07) is 2.11. The third-order valence-corrected chi connectivity index (χ3v) is 5.06. The molecule has 9 N–H and O–H groups in total. The van der Waals surface area contributed by atoms with Gasteiger partial charge in [0, 0.05) is 23.5 Å². The summed E-state index contributed by atoms with van der Waals surface area (Å²) in [4.78, 5) is 51.8. The van der Waals surface area contributed by atoms with Gasteiger partial charge in [-0.2, -0.15) is 0 Å². The number of aliphatic hydroxyl groups excluding tert-OH is 2. The number of para-hydroxylation sites is 1. The Bertz CT molecular complexity index is 1010. The Labute approximate surface area is 189 Å². The maximum atomic E-state index is 13.0. The van der Waals surface area contributed by atoms with Crippen molar-refractivity contribution in [3.05, 3.63) is 36.0 Å². The molecule has 0 spiro atoms. The van der Waals surface area contributed by atoms with Gasteiger partial charge in [-0.05, 0) is 25.5 Å². The number of carboxylic acids is 1. The number of hydrogen-bond acceptors (Lipinski definition) is 7. The zero-order valence-corrected chi connectivity index (χ0v) is 18.2. The third kappa shape index (κ3) is 6.75. The van der Waals surface area contributed by atoms with Crippen molar-refractivity contribution < 1.29 is 34.5 Å². The molecule has 0 aliphatic rings. The van der Waals surface area contributed by atoms with Crippen LogP contribution in [0.3, 0.4) is 0 Å². The number of amides is 3. The molecule has 1 heterocycles. The molecule has 0 radical (unpaired) electrons. The Morgan fingerprint density at radius 1 is 1.03 bits per heavy atom. The van der Waals surface area contributed by atoms with Gasteiger partial charge in [0.15, 0.2) is 0 Å². The largest absolute Gasteiger partial charge is 0.480 e. The smallest absolute Gasteiger partial charge is 0.325 e. The fourth-order valence-corrected chi connectivity index (χ4v) is 3.12. The first-order chi connectivity index (χ1) is 15.5.